The minimum atomic E-state index is 0.403. The number of nitrogens with zero attached hydrogens (tertiary/aromatic N) is 1. The van der Waals surface area contributed by atoms with Crippen LogP contribution in [0.15, 0.2) is 30.3 Å². The van der Waals surface area contributed by atoms with E-state index in [0.29, 0.717) is 6.04 Å². The fourth-order valence-electron chi connectivity index (χ4n) is 2.96. The van der Waals surface area contributed by atoms with Crippen molar-refractivity contribution in [2.24, 2.45) is 0 Å². The SMILES string of the molecule is c1ccc(CC(NC2CC2)c2nc3c(s2)CCC3)cc1. The second-order valence-corrected chi connectivity index (χ2v) is 7.07. The smallest absolute Gasteiger partial charge is 0.110 e. The third-order valence-electron chi connectivity index (χ3n) is 4.21. The molecule has 1 aromatic heterocycles. The Morgan fingerprint density at radius 2 is 2.05 bits per heavy atom. The summed E-state index contributed by atoms with van der Waals surface area (Å²) < 4.78 is 0. The predicted molar refractivity (Wildman–Crippen MR) is 83.2 cm³/mol. The molecule has 2 aliphatic carbocycles. The first kappa shape index (κ1) is 12.5. The maximum absolute atomic E-state index is 4.92. The van der Waals surface area contributed by atoms with Crippen molar-refractivity contribution < 1.29 is 0 Å². The van der Waals surface area contributed by atoms with Crippen molar-refractivity contribution in [1.82, 2.24) is 10.3 Å². The Morgan fingerprint density at radius 1 is 1.20 bits per heavy atom. The molecule has 20 heavy (non-hydrogen) atoms. The molecule has 3 heteroatoms. The van der Waals surface area contributed by atoms with E-state index in [4.69, 9.17) is 4.98 Å². The van der Waals surface area contributed by atoms with Crippen LogP contribution in [0.3, 0.4) is 0 Å². The molecule has 2 aromatic rings. The van der Waals surface area contributed by atoms with E-state index in [1.165, 1.54) is 53.2 Å². The van der Waals surface area contributed by atoms with Crippen molar-refractivity contribution in [2.75, 3.05) is 0 Å². The summed E-state index contributed by atoms with van der Waals surface area (Å²) in [6.45, 7) is 0. The molecule has 0 saturated heterocycles. The average molecular weight is 284 g/mol. The number of nitrogens with one attached hydrogen (secondary N) is 1. The van der Waals surface area contributed by atoms with Gasteiger partial charge in [0.05, 0.1) is 11.7 Å². The highest BCUT2D eigenvalue weighted by Gasteiger charge is 2.28. The van der Waals surface area contributed by atoms with Crippen molar-refractivity contribution in [2.45, 2.75) is 50.6 Å². The van der Waals surface area contributed by atoms with Crippen LogP contribution in [0.4, 0.5) is 0 Å². The van der Waals surface area contributed by atoms with E-state index < -0.39 is 0 Å². The molecule has 1 heterocycles. The fraction of sp³-hybridized carbons (Fsp3) is 0.471. The van der Waals surface area contributed by atoms with Crippen molar-refractivity contribution in [3.8, 4) is 0 Å². The number of fused-ring (bicyclic) bond motifs is 1. The summed E-state index contributed by atoms with van der Waals surface area (Å²) in [6, 6.07) is 11.9. The maximum atomic E-state index is 4.92. The molecular formula is C17H20N2S. The van der Waals surface area contributed by atoms with E-state index in [9.17, 15) is 0 Å². The first-order valence-corrected chi connectivity index (χ1v) is 8.48. The highest BCUT2D eigenvalue weighted by Crippen LogP contribution is 2.33. The lowest BCUT2D eigenvalue weighted by atomic mass is 10.1. The van der Waals surface area contributed by atoms with Gasteiger partial charge in [0.15, 0.2) is 0 Å². The van der Waals surface area contributed by atoms with Gasteiger partial charge in [-0.05, 0) is 44.1 Å². The highest BCUT2D eigenvalue weighted by molar-refractivity contribution is 7.11. The molecule has 0 bridgehead atoms. The van der Waals surface area contributed by atoms with Gasteiger partial charge in [0.25, 0.3) is 0 Å². The van der Waals surface area contributed by atoms with E-state index in [1.807, 2.05) is 11.3 Å². The zero-order chi connectivity index (χ0) is 13.4. The summed E-state index contributed by atoms with van der Waals surface area (Å²) in [5.41, 5.74) is 2.78. The van der Waals surface area contributed by atoms with Gasteiger partial charge in [0.2, 0.25) is 0 Å². The van der Waals surface area contributed by atoms with Crippen LogP contribution >= 0.6 is 11.3 Å². The molecule has 0 aliphatic heterocycles. The molecule has 0 radical (unpaired) electrons. The lowest BCUT2D eigenvalue weighted by Gasteiger charge is -2.16. The Morgan fingerprint density at radius 3 is 2.80 bits per heavy atom. The van der Waals surface area contributed by atoms with Gasteiger partial charge >= 0.3 is 0 Å². The van der Waals surface area contributed by atoms with Crippen LogP contribution in [0.5, 0.6) is 0 Å². The third kappa shape index (κ3) is 2.65. The molecule has 1 saturated carbocycles. The third-order valence-corrected chi connectivity index (χ3v) is 5.48. The zero-order valence-electron chi connectivity index (χ0n) is 11.6. The van der Waals surface area contributed by atoms with Gasteiger partial charge in [-0.2, -0.15) is 0 Å². The van der Waals surface area contributed by atoms with Crippen LogP contribution in [0.1, 0.15) is 46.4 Å². The molecule has 2 nitrogen and oxygen atoms in total. The minimum Gasteiger partial charge on any atom is -0.305 e. The normalized spacial score (nSPS) is 19.0. The van der Waals surface area contributed by atoms with Gasteiger partial charge in [-0.25, -0.2) is 4.98 Å². The Hall–Kier alpha value is -1.19. The number of aryl methyl sites for hydroxylation is 2. The van der Waals surface area contributed by atoms with Crippen LogP contribution in [0, 0.1) is 0 Å². The van der Waals surface area contributed by atoms with E-state index in [-0.39, 0.29) is 0 Å². The second-order valence-electron chi connectivity index (χ2n) is 5.96. The van der Waals surface area contributed by atoms with Gasteiger partial charge in [0.1, 0.15) is 5.01 Å². The zero-order valence-corrected chi connectivity index (χ0v) is 12.5. The van der Waals surface area contributed by atoms with Crippen LogP contribution in [0.25, 0.3) is 0 Å². The van der Waals surface area contributed by atoms with Crippen molar-refractivity contribution in [3.63, 3.8) is 0 Å². The van der Waals surface area contributed by atoms with Crippen LogP contribution < -0.4 is 5.32 Å². The lowest BCUT2D eigenvalue weighted by molar-refractivity contribution is 0.524. The monoisotopic (exact) mass is 284 g/mol. The standard InChI is InChI=1S/C17H20N2S/c1-2-5-12(6-3-1)11-15(18-13-9-10-13)17-19-14-7-4-8-16(14)20-17/h1-3,5-6,13,15,18H,4,7-11H2. The summed E-state index contributed by atoms with van der Waals surface area (Å²) in [6.07, 6.45) is 7.45. The van der Waals surface area contributed by atoms with Crippen LogP contribution in [-0.4, -0.2) is 11.0 Å². The molecule has 1 N–H and O–H groups in total. The Kier molecular flexibility index (Phi) is 3.32. The Labute approximate surface area is 124 Å². The van der Waals surface area contributed by atoms with Gasteiger partial charge < -0.3 is 5.32 Å². The Balaban J connectivity index is 1.57. The van der Waals surface area contributed by atoms with Gasteiger partial charge in [-0.15, -0.1) is 11.3 Å². The molecule has 1 fully saturated rings. The van der Waals surface area contributed by atoms with E-state index in [2.05, 4.69) is 35.6 Å². The molecule has 0 amide bonds. The van der Waals surface area contributed by atoms with Crippen molar-refractivity contribution in [3.05, 3.63) is 51.5 Å². The predicted octanol–water partition coefficient (Wildman–Crippen LogP) is 3.67. The largest absolute Gasteiger partial charge is 0.305 e. The first-order chi connectivity index (χ1) is 9.88. The summed E-state index contributed by atoms with van der Waals surface area (Å²) in [4.78, 5) is 6.46. The molecule has 4 rings (SSSR count). The topological polar surface area (TPSA) is 24.9 Å². The maximum Gasteiger partial charge on any atom is 0.110 e. The Bertz CT molecular complexity index is 565. The number of thiazole rings is 1. The quantitative estimate of drug-likeness (QED) is 0.906. The second kappa shape index (κ2) is 5.30. The van der Waals surface area contributed by atoms with E-state index >= 15 is 0 Å². The van der Waals surface area contributed by atoms with Crippen LogP contribution in [-0.2, 0) is 19.3 Å². The van der Waals surface area contributed by atoms with Gasteiger partial charge in [-0.3, -0.25) is 0 Å². The minimum absolute atomic E-state index is 0.403. The highest BCUT2D eigenvalue weighted by atomic mass is 32.1. The summed E-state index contributed by atoms with van der Waals surface area (Å²) in [5.74, 6) is 0. The van der Waals surface area contributed by atoms with Crippen LogP contribution in [0.2, 0.25) is 0 Å². The molecule has 104 valence electrons. The molecule has 1 unspecified atom stereocenters. The summed E-state index contributed by atoms with van der Waals surface area (Å²) in [7, 11) is 0. The number of rotatable bonds is 5. The molecule has 1 atom stereocenters. The first-order valence-electron chi connectivity index (χ1n) is 7.67. The number of aromatic nitrogens is 1. The number of hydrogen-bond acceptors (Lipinski definition) is 3. The van der Waals surface area contributed by atoms with Crippen molar-refractivity contribution >= 4 is 11.3 Å². The van der Waals surface area contributed by atoms with Gasteiger partial charge in [0, 0.05) is 10.9 Å². The summed E-state index contributed by atoms with van der Waals surface area (Å²) in [5, 5.41) is 5.10. The average Bonchev–Trinajstić information content (AvgIpc) is 3.02. The van der Waals surface area contributed by atoms with E-state index in [1.54, 1.807) is 0 Å². The molecule has 2 aliphatic rings. The van der Waals surface area contributed by atoms with Gasteiger partial charge in [-0.1, -0.05) is 30.3 Å². The molecule has 0 spiro atoms. The van der Waals surface area contributed by atoms with Crippen molar-refractivity contribution in [1.29, 1.82) is 0 Å². The van der Waals surface area contributed by atoms with E-state index in [0.717, 1.165) is 12.5 Å². The summed E-state index contributed by atoms with van der Waals surface area (Å²) >= 11 is 1.95. The molecule has 1 aromatic carbocycles. The molecular weight excluding hydrogens is 264 g/mol. The lowest BCUT2D eigenvalue weighted by Crippen LogP contribution is -2.25. The fourth-order valence-corrected chi connectivity index (χ4v) is 4.18. The number of hydrogen-bond donors (Lipinski definition) is 1. The number of benzene rings is 1.